The molecule has 2 heterocycles. The van der Waals surface area contributed by atoms with Gasteiger partial charge in [0.2, 0.25) is 5.91 Å². The maximum absolute atomic E-state index is 12.5. The quantitative estimate of drug-likeness (QED) is 0.729. The summed E-state index contributed by atoms with van der Waals surface area (Å²) < 4.78 is 0. The molecule has 1 fully saturated rings. The summed E-state index contributed by atoms with van der Waals surface area (Å²) >= 11 is 1.61. The number of likely N-dealkylation sites (tertiary alicyclic amines) is 1. The molecule has 0 aliphatic carbocycles. The van der Waals surface area contributed by atoms with E-state index >= 15 is 0 Å². The van der Waals surface area contributed by atoms with E-state index in [0.29, 0.717) is 12.3 Å². The summed E-state index contributed by atoms with van der Waals surface area (Å²) in [6, 6.07) is 8.67. The number of rotatable bonds is 7. The molecule has 3 rings (SSSR count). The minimum absolute atomic E-state index is 0.178. The van der Waals surface area contributed by atoms with Crippen LogP contribution in [0, 0.1) is 19.8 Å². The third-order valence-corrected chi connectivity index (χ3v) is 6.34. The predicted octanol–water partition coefficient (Wildman–Crippen LogP) is 3.72. The molecule has 0 radical (unpaired) electrons. The first-order valence-corrected chi connectivity index (χ1v) is 10.8. The van der Waals surface area contributed by atoms with Crippen LogP contribution in [0.2, 0.25) is 0 Å². The Hall–Kier alpha value is -1.72. The van der Waals surface area contributed by atoms with Gasteiger partial charge in [0.15, 0.2) is 0 Å². The summed E-state index contributed by atoms with van der Waals surface area (Å²) in [6.07, 6.45) is 3.97. The van der Waals surface area contributed by atoms with Crippen molar-refractivity contribution in [3.05, 3.63) is 51.5 Å². The highest BCUT2D eigenvalue weighted by atomic mass is 32.1. The zero-order valence-electron chi connectivity index (χ0n) is 16.8. The first-order chi connectivity index (χ1) is 13.0. The smallest absolute Gasteiger partial charge is 0.228 e. The van der Waals surface area contributed by atoms with Crippen molar-refractivity contribution in [2.75, 3.05) is 33.2 Å². The first-order valence-electron chi connectivity index (χ1n) is 9.93. The summed E-state index contributed by atoms with van der Waals surface area (Å²) in [5, 5.41) is 3.02. The Kier molecular flexibility index (Phi) is 7.02. The number of carbonyl (C=O) groups excluding carboxylic acids is 1. The maximum atomic E-state index is 12.5. The fourth-order valence-corrected chi connectivity index (χ4v) is 4.55. The normalized spacial score (nSPS) is 17.8. The van der Waals surface area contributed by atoms with Gasteiger partial charge < -0.3 is 9.80 Å². The molecule has 1 aromatic heterocycles. The molecular weight excluding hydrogens is 354 g/mol. The molecule has 4 nitrogen and oxygen atoms in total. The van der Waals surface area contributed by atoms with Crippen molar-refractivity contribution in [1.82, 2.24) is 14.8 Å². The average molecular weight is 386 g/mol. The van der Waals surface area contributed by atoms with E-state index in [-0.39, 0.29) is 5.91 Å². The van der Waals surface area contributed by atoms with Crippen LogP contribution in [-0.2, 0) is 17.6 Å². The van der Waals surface area contributed by atoms with Crippen molar-refractivity contribution in [1.29, 1.82) is 0 Å². The molecule has 1 aromatic carbocycles. The largest absolute Gasteiger partial charge is 0.345 e. The third-order valence-electron chi connectivity index (χ3n) is 5.52. The lowest BCUT2D eigenvalue weighted by Gasteiger charge is -2.34. The van der Waals surface area contributed by atoms with E-state index in [1.165, 1.54) is 30.5 Å². The van der Waals surface area contributed by atoms with Gasteiger partial charge in [0.05, 0.1) is 17.1 Å². The van der Waals surface area contributed by atoms with Gasteiger partial charge in [-0.25, -0.2) is 4.98 Å². The van der Waals surface area contributed by atoms with Gasteiger partial charge in [0.25, 0.3) is 0 Å². The predicted molar refractivity (Wildman–Crippen MR) is 112 cm³/mol. The minimum atomic E-state index is 0.178. The van der Waals surface area contributed by atoms with Gasteiger partial charge in [-0.3, -0.25) is 4.79 Å². The van der Waals surface area contributed by atoms with E-state index in [2.05, 4.69) is 41.1 Å². The van der Waals surface area contributed by atoms with Crippen LogP contribution < -0.4 is 0 Å². The lowest BCUT2D eigenvalue weighted by atomic mass is 9.96. The molecule has 1 aliphatic heterocycles. The Balaban J connectivity index is 1.46. The average Bonchev–Trinajstić information content (AvgIpc) is 3.06. The monoisotopic (exact) mass is 385 g/mol. The van der Waals surface area contributed by atoms with Gasteiger partial charge >= 0.3 is 0 Å². The van der Waals surface area contributed by atoms with Crippen LogP contribution in [0.4, 0.5) is 0 Å². The molecule has 0 bridgehead atoms. The lowest BCUT2D eigenvalue weighted by Crippen LogP contribution is -2.42. The Labute approximate surface area is 167 Å². The number of aromatic nitrogens is 1. The molecule has 1 aliphatic rings. The molecular formula is C22H31N3OS. The lowest BCUT2D eigenvalue weighted by molar-refractivity contribution is -0.130. The molecule has 0 spiro atoms. The van der Waals surface area contributed by atoms with Crippen LogP contribution in [0.1, 0.15) is 34.7 Å². The molecule has 1 atom stereocenters. The van der Waals surface area contributed by atoms with Gasteiger partial charge in [-0.1, -0.05) is 24.3 Å². The molecule has 5 heteroatoms. The van der Waals surface area contributed by atoms with E-state index in [9.17, 15) is 4.79 Å². The van der Waals surface area contributed by atoms with E-state index < -0.39 is 0 Å². The minimum Gasteiger partial charge on any atom is -0.345 e. The van der Waals surface area contributed by atoms with Gasteiger partial charge in [0, 0.05) is 32.1 Å². The topological polar surface area (TPSA) is 36.4 Å². The van der Waals surface area contributed by atoms with Crippen molar-refractivity contribution < 1.29 is 4.79 Å². The van der Waals surface area contributed by atoms with Gasteiger partial charge in [-0.2, -0.15) is 0 Å². The van der Waals surface area contributed by atoms with E-state index in [4.69, 9.17) is 0 Å². The molecule has 1 unspecified atom stereocenters. The van der Waals surface area contributed by atoms with Crippen LogP contribution in [0.3, 0.4) is 0 Å². The summed E-state index contributed by atoms with van der Waals surface area (Å²) in [4.78, 5) is 21.4. The van der Waals surface area contributed by atoms with Crippen LogP contribution in [0.5, 0.6) is 0 Å². The number of hydrogen-bond acceptors (Lipinski definition) is 4. The first kappa shape index (κ1) is 20.0. The van der Waals surface area contributed by atoms with Gasteiger partial charge in [-0.05, 0) is 56.7 Å². The number of amides is 1. The molecule has 146 valence electrons. The molecule has 1 amide bonds. The molecule has 1 saturated heterocycles. The van der Waals surface area contributed by atoms with E-state index in [0.717, 1.165) is 36.8 Å². The number of piperidine rings is 1. The number of carbonyl (C=O) groups is 1. The van der Waals surface area contributed by atoms with Crippen molar-refractivity contribution in [3.63, 3.8) is 0 Å². The Bertz CT molecular complexity index is 758. The van der Waals surface area contributed by atoms with Crippen LogP contribution in [0.25, 0.3) is 0 Å². The number of nitrogens with zero attached hydrogens (tertiary/aromatic N) is 3. The maximum Gasteiger partial charge on any atom is 0.228 e. The van der Waals surface area contributed by atoms with Gasteiger partial charge in [-0.15, -0.1) is 11.3 Å². The zero-order valence-corrected chi connectivity index (χ0v) is 17.6. The summed E-state index contributed by atoms with van der Waals surface area (Å²) in [5.41, 5.74) is 3.73. The summed E-state index contributed by atoms with van der Waals surface area (Å²) in [7, 11) is 1.94. The number of aryl methyl sites for hydroxylation is 2. The summed E-state index contributed by atoms with van der Waals surface area (Å²) in [6.45, 7) is 8.41. The van der Waals surface area contributed by atoms with Crippen LogP contribution >= 0.6 is 11.3 Å². The van der Waals surface area contributed by atoms with Crippen LogP contribution in [0.15, 0.2) is 29.6 Å². The van der Waals surface area contributed by atoms with Crippen molar-refractivity contribution in [3.8, 4) is 0 Å². The molecule has 0 saturated carbocycles. The number of benzene rings is 1. The number of thiazole rings is 1. The second-order valence-electron chi connectivity index (χ2n) is 7.79. The highest BCUT2D eigenvalue weighted by Gasteiger charge is 2.23. The van der Waals surface area contributed by atoms with Gasteiger partial charge in [0.1, 0.15) is 0 Å². The van der Waals surface area contributed by atoms with Crippen molar-refractivity contribution in [2.24, 2.45) is 5.92 Å². The summed E-state index contributed by atoms with van der Waals surface area (Å²) in [5.74, 6) is 0.749. The molecule has 0 N–H and O–H groups in total. The second-order valence-corrected chi connectivity index (χ2v) is 8.86. The fourth-order valence-electron chi connectivity index (χ4n) is 3.94. The molecule has 27 heavy (non-hydrogen) atoms. The fraction of sp³-hybridized carbons (Fsp3) is 0.545. The van der Waals surface area contributed by atoms with Crippen LogP contribution in [-0.4, -0.2) is 53.9 Å². The SMILES string of the molecule is Cc1nc(CC(=O)N(C)CC2CCCN(CCc3ccccc3C)C2)cs1. The Morgan fingerprint density at radius 2 is 2.15 bits per heavy atom. The Morgan fingerprint density at radius 1 is 1.33 bits per heavy atom. The van der Waals surface area contributed by atoms with E-state index in [1.54, 1.807) is 11.3 Å². The van der Waals surface area contributed by atoms with Crippen molar-refractivity contribution in [2.45, 2.75) is 39.5 Å². The number of hydrogen-bond donors (Lipinski definition) is 0. The van der Waals surface area contributed by atoms with Crippen molar-refractivity contribution >= 4 is 17.2 Å². The number of likely N-dealkylation sites (N-methyl/N-ethyl adjacent to an activating group) is 1. The highest BCUT2D eigenvalue weighted by Crippen LogP contribution is 2.19. The zero-order chi connectivity index (χ0) is 19.2. The molecule has 2 aromatic rings. The Morgan fingerprint density at radius 3 is 2.89 bits per heavy atom. The standard InChI is InChI=1S/C22H31N3OS/c1-17-7-4-5-9-20(17)10-12-25-11-6-8-19(15-25)14-24(3)22(26)13-21-16-27-18(2)23-21/h4-5,7,9,16,19H,6,8,10-15H2,1-3H3. The van der Waals surface area contributed by atoms with E-state index in [1.807, 2.05) is 24.3 Å². The second kappa shape index (κ2) is 9.47. The third kappa shape index (κ3) is 5.88. The highest BCUT2D eigenvalue weighted by molar-refractivity contribution is 7.09.